The Bertz CT molecular complexity index is 1180. The van der Waals surface area contributed by atoms with Crippen molar-refractivity contribution in [2.24, 2.45) is 0 Å². The van der Waals surface area contributed by atoms with Crippen molar-refractivity contribution in [1.82, 2.24) is 14.9 Å². The molecule has 30 heavy (non-hydrogen) atoms. The van der Waals surface area contributed by atoms with E-state index in [2.05, 4.69) is 20.2 Å². The van der Waals surface area contributed by atoms with Gasteiger partial charge in [-0.2, -0.15) is 10.4 Å². The number of aromatic nitrogens is 2. The SMILES string of the molecule is COc1ccccc1-c1cc(NC(=O)c2ccc(S(=O)(=O)NCCC#N)cc2)n[nH]1. The standard InChI is InChI=1S/C20H19N5O4S/c1-29-18-6-3-2-5-16(18)17-13-19(25-24-17)23-20(26)14-7-9-15(10-8-14)30(27,28)22-12-4-11-21/h2-3,5-10,13,22H,4,12H2,1H3,(H2,23,24,25,26). The maximum atomic E-state index is 12.5. The van der Waals surface area contributed by atoms with Gasteiger partial charge in [-0.15, -0.1) is 0 Å². The topological polar surface area (TPSA) is 137 Å². The van der Waals surface area contributed by atoms with Gasteiger partial charge in [-0.3, -0.25) is 9.89 Å². The molecule has 0 aliphatic rings. The van der Waals surface area contributed by atoms with Crippen molar-refractivity contribution in [3.05, 3.63) is 60.2 Å². The summed E-state index contributed by atoms with van der Waals surface area (Å²) in [5, 5.41) is 18.1. The zero-order valence-electron chi connectivity index (χ0n) is 16.0. The molecular formula is C20H19N5O4S. The summed E-state index contributed by atoms with van der Waals surface area (Å²) in [4.78, 5) is 12.5. The van der Waals surface area contributed by atoms with Crippen molar-refractivity contribution >= 4 is 21.7 Å². The van der Waals surface area contributed by atoms with Gasteiger partial charge in [0.05, 0.1) is 23.8 Å². The summed E-state index contributed by atoms with van der Waals surface area (Å²) in [5.74, 6) is 0.546. The Morgan fingerprint density at radius 2 is 1.93 bits per heavy atom. The molecule has 0 aliphatic carbocycles. The molecule has 0 atom stereocenters. The smallest absolute Gasteiger partial charge is 0.256 e. The van der Waals surface area contributed by atoms with Crippen LogP contribution in [0, 0.1) is 11.3 Å². The summed E-state index contributed by atoms with van der Waals surface area (Å²) in [6.07, 6.45) is 0.0697. The Morgan fingerprint density at radius 1 is 1.20 bits per heavy atom. The van der Waals surface area contributed by atoms with Crippen LogP contribution in [0.1, 0.15) is 16.8 Å². The lowest BCUT2D eigenvalue weighted by Crippen LogP contribution is -2.24. The minimum atomic E-state index is -3.73. The van der Waals surface area contributed by atoms with Crippen LogP contribution in [-0.2, 0) is 10.0 Å². The normalized spacial score (nSPS) is 10.9. The van der Waals surface area contributed by atoms with Crippen LogP contribution in [0.4, 0.5) is 5.82 Å². The lowest BCUT2D eigenvalue weighted by Gasteiger charge is -2.06. The molecule has 3 aromatic rings. The largest absolute Gasteiger partial charge is 0.496 e. The Labute approximate surface area is 173 Å². The van der Waals surface area contributed by atoms with E-state index < -0.39 is 15.9 Å². The van der Waals surface area contributed by atoms with Crippen LogP contribution >= 0.6 is 0 Å². The zero-order chi connectivity index (χ0) is 21.6. The van der Waals surface area contributed by atoms with Crippen LogP contribution < -0.4 is 14.8 Å². The van der Waals surface area contributed by atoms with E-state index in [0.717, 1.165) is 5.56 Å². The molecule has 1 amide bonds. The minimum absolute atomic E-state index is 0.00946. The average Bonchev–Trinajstić information content (AvgIpc) is 3.22. The van der Waals surface area contributed by atoms with E-state index in [1.165, 1.54) is 24.3 Å². The summed E-state index contributed by atoms with van der Waals surface area (Å²) < 4.78 is 31.9. The van der Waals surface area contributed by atoms with Crippen LogP contribution in [0.5, 0.6) is 5.75 Å². The average molecular weight is 425 g/mol. The summed E-state index contributed by atoms with van der Waals surface area (Å²) in [7, 11) is -2.16. The number of benzene rings is 2. The van der Waals surface area contributed by atoms with Crippen molar-refractivity contribution in [3.63, 3.8) is 0 Å². The van der Waals surface area contributed by atoms with Gasteiger partial charge in [-0.25, -0.2) is 13.1 Å². The molecule has 0 radical (unpaired) electrons. The van der Waals surface area contributed by atoms with Gasteiger partial charge in [0.15, 0.2) is 5.82 Å². The molecule has 3 N–H and O–H groups in total. The maximum Gasteiger partial charge on any atom is 0.256 e. The Kier molecular flexibility index (Phi) is 6.46. The highest BCUT2D eigenvalue weighted by Crippen LogP contribution is 2.29. The van der Waals surface area contributed by atoms with Crippen molar-refractivity contribution in [1.29, 1.82) is 5.26 Å². The zero-order valence-corrected chi connectivity index (χ0v) is 16.9. The summed E-state index contributed by atoms with van der Waals surface area (Å²) in [5.41, 5.74) is 1.74. The number of carbonyl (C=O) groups is 1. The number of anilines is 1. The molecule has 9 nitrogen and oxygen atoms in total. The minimum Gasteiger partial charge on any atom is -0.496 e. The number of methoxy groups -OCH3 is 1. The van der Waals surface area contributed by atoms with Gasteiger partial charge in [0.1, 0.15) is 5.75 Å². The van der Waals surface area contributed by atoms with Crippen molar-refractivity contribution in [3.8, 4) is 23.1 Å². The molecule has 0 bridgehead atoms. The fraction of sp³-hybridized carbons (Fsp3) is 0.150. The van der Waals surface area contributed by atoms with Gasteiger partial charge in [0.25, 0.3) is 5.91 Å². The van der Waals surface area contributed by atoms with E-state index in [1.54, 1.807) is 13.2 Å². The number of H-pyrrole nitrogens is 1. The van der Waals surface area contributed by atoms with Gasteiger partial charge >= 0.3 is 0 Å². The number of nitriles is 1. The first kappa shape index (κ1) is 21.0. The fourth-order valence-corrected chi connectivity index (χ4v) is 3.72. The molecule has 2 aromatic carbocycles. The molecule has 0 fully saturated rings. The highest BCUT2D eigenvalue weighted by molar-refractivity contribution is 7.89. The monoisotopic (exact) mass is 425 g/mol. The van der Waals surface area contributed by atoms with E-state index in [9.17, 15) is 13.2 Å². The van der Waals surface area contributed by atoms with E-state index in [-0.39, 0.29) is 23.4 Å². The van der Waals surface area contributed by atoms with Crippen LogP contribution in [0.15, 0.2) is 59.5 Å². The van der Waals surface area contributed by atoms with Gasteiger partial charge in [0, 0.05) is 30.2 Å². The van der Waals surface area contributed by atoms with Gasteiger partial charge in [-0.05, 0) is 36.4 Å². The Balaban J connectivity index is 1.70. The predicted molar refractivity (Wildman–Crippen MR) is 110 cm³/mol. The highest BCUT2D eigenvalue weighted by Gasteiger charge is 2.15. The molecule has 0 aliphatic heterocycles. The number of aromatic amines is 1. The second-order valence-electron chi connectivity index (χ2n) is 6.15. The number of rotatable bonds is 8. The molecule has 10 heteroatoms. The highest BCUT2D eigenvalue weighted by atomic mass is 32.2. The summed E-state index contributed by atoms with van der Waals surface area (Å²) in [6.45, 7) is 0.0226. The van der Waals surface area contributed by atoms with E-state index in [4.69, 9.17) is 10.00 Å². The molecule has 1 aromatic heterocycles. The molecular weight excluding hydrogens is 406 g/mol. The molecule has 0 spiro atoms. The number of nitrogens with one attached hydrogen (secondary N) is 3. The Morgan fingerprint density at radius 3 is 2.63 bits per heavy atom. The van der Waals surface area contributed by atoms with E-state index in [0.29, 0.717) is 17.3 Å². The summed E-state index contributed by atoms with van der Waals surface area (Å²) >= 11 is 0. The van der Waals surface area contributed by atoms with Crippen molar-refractivity contribution < 1.29 is 17.9 Å². The molecule has 1 heterocycles. The second kappa shape index (κ2) is 9.21. The number of sulfonamides is 1. The fourth-order valence-electron chi connectivity index (χ4n) is 2.69. The van der Waals surface area contributed by atoms with Gasteiger partial charge < -0.3 is 10.1 Å². The molecule has 0 unspecified atom stereocenters. The number of hydrogen-bond donors (Lipinski definition) is 3. The van der Waals surface area contributed by atoms with Crippen LogP contribution in [-0.4, -0.2) is 38.2 Å². The third-order valence-corrected chi connectivity index (χ3v) is 5.65. The van der Waals surface area contributed by atoms with Crippen molar-refractivity contribution in [2.45, 2.75) is 11.3 Å². The predicted octanol–water partition coefficient (Wildman–Crippen LogP) is 2.53. The molecule has 0 saturated carbocycles. The van der Waals surface area contributed by atoms with Crippen molar-refractivity contribution in [2.75, 3.05) is 19.0 Å². The number of nitrogens with zero attached hydrogens (tertiary/aromatic N) is 2. The number of ether oxygens (including phenoxy) is 1. The first-order valence-corrected chi connectivity index (χ1v) is 10.4. The van der Waals surface area contributed by atoms with Crippen LogP contribution in [0.3, 0.4) is 0 Å². The van der Waals surface area contributed by atoms with E-state index >= 15 is 0 Å². The van der Waals surface area contributed by atoms with E-state index in [1.807, 2.05) is 30.3 Å². The van der Waals surface area contributed by atoms with Gasteiger partial charge in [-0.1, -0.05) is 12.1 Å². The quantitative estimate of drug-likeness (QED) is 0.474. The molecule has 0 saturated heterocycles. The number of para-hydroxylation sites is 1. The van der Waals surface area contributed by atoms with Crippen LogP contribution in [0.25, 0.3) is 11.3 Å². The molecule has 3 rings (SSSR count). The first-order valence-electron chi connectivity index (χ1n) is 8.91. The van der Waals surface area contributed by atoms with Crippen LogP contribution in [0.2, 0.25) is 0 Å². The molecule has 154 valence electrons. The lowest BCUT2D eigenvalue weighted by molar-refractivity contribution is 0.102. The first-order chi connectivity index (χ1) is 14.4. The second-order valence-corrected chi connectivity index (χ2v) is 7.92. The third-order valence-electron chi connectivity index (χ3n) is 4.17. The number of carbonyl (C=O) groups excluding carboxylic acids is 1. The summed E-state index contributed by atoms with van der Waals surface area (Å²) in [6, 6.07) is 16.4. The number of hydrogen-bond acceptors (Lipinski definition) is 6. The lowest BCUT2D eigenvalue weighted by atomic mass is 10.1. The van der Waals surface area contributed by atoms with Gasteiger partial charge in [0.2, 0.25) is 10.0 Å². The Hall–Kier alpha value is -3.68. The number of amides is 1. The maximum absolute atomic E-state index is 12.5. The third kappa shape index (κ3) is 4.83.